The Bertz CT molecular complexity index is 283. The highest BCUT2D eigenvalue weighted by Crippen LogP contribution is 2.11. The van der Waals surface area contributed by atoms with Crippen molar-refractivity contribution in [3.05, 3.63) is 12.2 Å². The molecule has 0 radical (unpaired) electrons. The monoisotopic (exact) mass is 229 g/mol. The lowest BCUT2D eigenvalue weighted by Crippen LogP contribution is -2.11. The van der Waals surface area contributed by atoms with Crippen molar-refractivity contribution in [3.63, 3.8) is 0 Å². The molecule has 0 aliphatic carbocycles. The van der Waals surface area contributed by atoms with Crippen LogP contribution in [0.15, 0.2) is 6.33 Å². The van der Waals surface area contributed by atoms with Gasteiger partial charge in [0.1, 0.15) is 12.2 Å². The lowest BCUT2D eigenvalue weighted by atomic mass is 10.2. The van der Waals surface area contributed by atoms with E-state index in [1.807, 2.05) is 4.68 Å². The predicted octanol–water partition coefficient (Wildman–Crippen LogP) is 2.88. The quantitative estimate of drug-likeness (QED) is 0.703. The van der Waals surface area contributed by atoms with Gasteiger partial charge in [-0.05, 0) is 18.8 Å². The van der Waals surface area contributed by atoms with E-state index in [2.05, 4.69) is 30.9 Å². The minimum absolute atomic E-state index is 0.259. The predicted molar refractivity (Wildman–Crippen MR) is 63.1 cm³/mol. The fourth-order valence-electron chi connectivity index (χ4n) is 1.47. The van der Waals surface area contributed by atoms with Crippen molar-refractivity contribution < 1.29 is 0 Å². The lowest BCUT2D eigenvalue weighted by molar-refractivity contribution is 0.462. The molecule has 0 fully saturated rings. The topological polar surface area (TPSA) is 30.7 Å². The fraction of sp³-hybridized carbons (Fsp3) is 0.818. The van der Waals surface area contributed by atoms with Gasteiger partial charge in [-0.3, -0.25) is 0 Å². The Morgan fingerprint density at radius 3 is 2.80 bits per heavy atom. The van der Waals surface area contributed by atoms with Crippen LogP contribution in [-0.4, -0.2) is 20.1 Å². The van der Waals surface area contributed by atoms with E-state index in [-0.39, 0.29) is 5.38 Å². The van der Waals surface area contributed by atoms with Gasteiger partial charge in [0.2, 0.25) is 0 Å². The molecule has 1 heterocycles. The molecular weight excluding hydrogens is 210 g/mol. The molecular formula is C11H20ClN3. The van der Waals surface area contributed by atoms with Crippen LogP contribution in [0.25, 0.3) is 0 Å². The molecule has 1 aromatic rings. The van der Waals surface area contributed by atoms with Gasteiger partial charge in [-0.1, -0.05) is 20.8 Å². The molecule has 0 aliphatic heterocycles. The first kappa shape index (κ1) is 12.5. The summed E-state index contributed by atoms with van der Waals surface area (Å²) in [6, 6.07) is 0. The van der Waals surface area contributed by atoms with Gasteiger partial charge in [0.25, 0.3) is 0 Å². The van der Waals surface area contributed by atoms with Crippen LogP contribution in [0.5, 0.6) is 0 Å². The van der Waals surface area contributed by atoms with Crippen LogP contribution in [0.4, 0.5) is 0 Å². The summed E-state index contributed by atoms with van der Waals surface area (Å²) in [6.07, 6.45) is 4.55. The molecule has 0 saturated heterocycles. The minimum Gasteiger partial charge on any atom is -0.250 e. The second-order valence-corrected chi connectivity index (χ2v) is 4.91. The molecule has 1 rings (SSSR count). The zero-order chi connectivity index (χ0) is 11.3. The van der Waals surface area contributed by atoms with E-state index in [0.29, 0.717) is 5.92 Å². The summed E-state index contributed by atoms with van der Waals surface area (Å²) in [5.74, 6) is 1.66. The number of rotatable bonds is 6. The van der Waals surface area contributed by atoms with Crippen LogP contribution in [0.2, 0.25) is 0 Å². The second-order valence-electron chi connectivity index (χ2n) is 4.30. The van der Waals surface area contributed by atoms with Gasteiger partial charge >= 0.3 is 0 Å². The zero-order valence-electron chi connectivity index (χ0n) is 9.78. The standard InChI is InChI=1S/C11H20ClN3/c1-4-10(12)5-6-11-13-8-14-15(11)7-9(2)3/h8-10H,4-7H2,1-3H3. The normalized spacial score (nSPS) is 13.4. The van der Waals surface area contributed by atoms with Gasteiger partial charge in [-0.25, -0.2) is 9.67 Å². The minimum atomic E-state index is 0.259. The molecule has 0 N–H and O–H groups in total. The molecule has 0 aliphatic rings. The van der Waals surface area contributed by atoms with Crippen LogP contribution in [0.3, 0.4) is 0 Å². The maximum absolute atomic E-state index is 6.08. The summed E-state index contributed by atoms with van der Waals surface area (Å²) < 4.78 is 1.99. The van der Waals surface area contributed by atoms with E-state index in [0.717, 1.165) is 31.6 Å². The first-order valence-corrected chi connectivity index (χ1v) is 6.07. The molecule has 0 amide bonds. The number of halogens is 1. The van der Waals surface area contributed by atoms with Crippen LogP contribution in [0.1, 0.15) is 39.4 Å². The van der Waals surface area contributed by atoms with Crippen molar-refractivity contribution in [3.8, 4) is 0 Å². The Labute approximate surface area is 96.8 Å². The third kappa shape index (κ3) is 4.20. The summed E-state index contributed by atoms with van der Waals surface area (Å²) in [5, 5.41) is 4.48. The smallest absolute Gasteiger partial charge is 0.138 e. The van der Waals surface area contributed by atoms with E-state index in [9.17, 15) is 0 Å². The average Bonchev–Trinajstić information content (AvgIpc) is 2.61. The molecule has 15 heavy (non-hydrogen) atoms. The highest BCUT2D eigenvalue weighted by Gasteiger charge is 2.08. The molecule has 4 heteroatoms. The Morgan fingerprint density at radius 1 is 1.47 bits per heavy atom. The first-order valence-electron chi connectivity index (χ1n) is 5.64. The SMILES string of the molecule is CCC(Cl)CCc1ncnn1CC(C)C. The second kappa shape index (κ2) is 6.11. The molecule has 0 bridgehead atoms. The highest BCUT2D eigenvalue weighted by atomic mass is 35.5. The molecule has 1 aromatic heterocycles. The third-order valence-electron chi connectivity index (χ3n) is 2.36. The van der Waals surface area contributed by atoms with Crippen molar-refractivity contribution in [2.45, 2.75) is 52.0 Å². The average molecular weight is 230 g/mol. The van der Waals surface area contributed by atoms with Crippen LogP contribution in [0, 0.1) is 5.92 Å². The van der Waals surface area contributed by atoms with Gasteiger partial charge in [0.15, 0.2) is 0 Å². The summed E-state index contributed by atoms with van der Waals surface area (Å²) >= 11 is 6.08. The number of nitrogens with zero attached hydrogens (tertiary/aromatic N) is 3. The number of hydrogen-bond donors (Lipinski definition) is 0. The van der Waals surface area contributed by atoms with Gasteiger partial charge in [0.05, 0.1) is 0 Å². The molecule has 0 aromatic carbocycles. The van der Waals surface area contributed by atoms with E-state index >= 15 is 0 Å². The van der Waals surface area contributed by atoms with Crippen molar-refractivity contribution in [2.24, 2.45) is 5.92 Å². The summed E-state index contributed by atoms with van der Waals surface area (Å²) in [4.78, 5) is 4.27. The molecule has 86 valence electrons. The van der Waals surface area contributed by atoms with Gasteiger partial charge in [-0.15, -0.1) is 11.6 Å². The van der Waals surface area contributed by atoms with Gasteiger partial charge in [-0.2, -0.15) is 5.10 Å². The lowest BCUT2D eigenvalue weighted by Gasteiger charge is -2.09. The summed E-state index contributed by atoms with van der Waals surface area (Å²) in [7, 11) is 0. The van der Waals surface area contributed by atoms with E-state index in [4.69, 9.17) is 11.6 Å². The van der Waals surface area contributed by atoms with E-state index in [1.54, 1.807) is 6.33 Å². The zero-order valence-corrected chi connectivity index (χ0v) is 10.5. The Morgan fingerprint density at radius 2 is 2.20 bits per heavy atom. The molecule has 1 unspecified atom stereocenters. The largest absolute Gasteiger partial charge is 0.250 e. The Hall–Kier alpha value is -0.570. The van der Waals surface area contributed by atoms with E-state index in [1.165, 1.54) is 0 Å². The number of aromatic nitrogens is 3. The van der Waals surface area contributed by atoms with E-state index < -0.39 is 0 Å². The third-order valence-corrected chi connectivity index (χ3v) is 2.88. The maximum Gasteiger partial charge on any atom is 0.138 e. The Kier molecular flexibility index (Phi) is 5.09. The summed E-state index contributed by atoms with van der Waals surface area (Å²) in [6.45, 7) is 7.41. The van der Waals surface area contributed by atoms with Crippen molar-refractivity contribution in [1.82, 2.24) is 14.8 Å². The molecule has 3 nitrogen and oxygen atoms in total. The number of alkyl halides is 1. The molecule has 0 saturated carbocycles. The Balaban J connectivity index is 2.49. The number of aryl methyl sites for hydroxylation is 1. The molecule has 1 atom stereocenters. The summed E-state index contributed by atoms with van der Waals surface area (Å²) in [5.41, 5.74) is 0. The van der Waals surface area contributed by atoms with Crippen molar-refractivity contribution in [1.29, 1.82) is 0 Å². The van der Waals surface area contributed by atoms with Gasteiger partial charge in [0, 0.05) is 18.3 Å². The van der Waals surface area contributed by atoms with Crippen molar-refractivity contribution >= 4 is 11.6 Å². The maximum atomic E-state index is 6.08. The van der Waals surface area contributed by atoms with Crippen LogP contribution < -0.4 is 0 Å². The fourth-order valence-corrected chi connectivity index (χ4v) is 1.58. The van der Waals surface area contributed by atoms with Crippen molar-refractivity contribution in [2.75, 3.05) is 0 Å². The van der Waals surface area contributed by atoms with Gasteiger partial charge < -0.3 is 0 Å². The van der Waals surface area contributed by atoms with Crippen LogP contribution >= 0.6 is 11.6 Å². The highest BCUT2D eigenvalue weighted by molar-refractivity contribution is 6.20. The number of hydrogen-bond acceptors (Lipinski definition) is 2. The first-order chi connectivity index (χ1) is 7.13. The molecule has 0 spiro atoms. The van der Waals surface area contributed by atoms with Crippen LogP contribution in [-0.2, 0) is 13.0 Å².